The van der Waals surface area contributed by atoms with E-state index in [0.29, 0.717) is 6.61 Å². The van der Waals surface area contributed by atoms with Crippen molar-refractivity contribution in [2.75, 3.05) is 6.61 Å². The number of amides is 1. The monoisotopic (exact) mass is 291 g/mol. The van der Waals surface area contributed by atoms with Gasteiger partial charge in [0, 0.05) is 0 Å². The summed E-state index contributed by atoms with van der Waals surface area (Å²) >= 11 is 0. The van der Waals surface area contributed by atoms with Crippen molar-refractivity contribution in [1.82, 2.24) is 5.32 Å². The summed E-state index contributed by atoms with van der Waals surface area (Å²) in [4.78, 5) is 11.9. The molecule has 1 aliphatic rings. The average Bonchev–Trinajstić information content (AvgIpc) is 3.28. The zero-order valence-corrected chi connectivity index (χ0v) is 12.1. The van der Waals surface area contributed by atoms with Gasteiger partial charge < -0.3 is 21.0 Å². The van der Waals surface area contributed by atoms with Crippen LogP contribution in [0.15, 0.2) is 29.4 Å². The Balaban J connectivity index is 1.76. The zero-order valence-electron chi connectivity index (χ0n) is 12.1. The summed E-state index contributed by atoms with van der Waals surface area (Å²) < 4.78 is 5.53. The number of nitrogens with two attached hydrogens (primary N) is 1. The molecule has 1 amide bonds. The number of amidine groups is 1. The molecule has 0 saturated heterocycles. The summed E-state index contributed by atoms with van der Waals surface area (Å²) in [6.07, 6.45) is 2.21. The second-order valence-electron chi connectivity index (χ2n) is 5.32. The quantitative estimate of drug-likeness (QED) is 0.306. The Bertz CT molecular complexity index is 527. The van der Waals surface area contributed by atoms with Crippen LogP contribution in [0.2, 0.25) is 0 Å². The predicted molar refractivity (Wildman–Crippen MR) is 79.4 cm³/mol. The first kappa shape index (κ1) is 15.2. The number of hydrogen-bond acceptors (Lipinski definition) is 4. The SMILES string of the molecule is Cc1cccc(OCCC(=O)NC(C(N)=NO)C2CC2)c1. The highest BCUT2D eigenvalue weighted by Gasteiger charge is 2.35. The summed E-state index contributed by atoms with van der Waals surface area (Å²) in [5.41, 5.74) is 6.71. The second-order valence-corrected chi connectivity index (χ2v) is 5.32. The molecule has 1 aromatic rings. The van der Waals surface area contributed by atoms with Crippen molar-refractivity contribution in [1.29, 1.82) is 0 Å². The lowest BCUT2D eigenvalue weighted by molar-refractivity contribution is -0.122. The zero-order chi connectivity index (χ0) is 15.2. The first-order valence-corrected chi connectivity index (χ1v) is 7.06. The van der Waals surface area contributed by atoms with E-state index in [1.165, 1.54) is 0 Å². The summed E-state index contributed by atoms with van der Waals surface area (Å²) in [6.45, 7) is 2.28. The van der Waals surface area contributed by atoms with E-state index in [2.05, 4.69) is 10.5 Å². The van der Waals surface area contributed by atoms with Crippen LogP contribution in [-0.2, 0) is 4.79 Å². The molecule has 21 heavy (non-hydrogen) atoms. The molecule has 1 saturated carbocycles. The standard InChI is InChI=1S/C15H21N3O3/c1-10-3-2-4-12(9-10)21-8-7-13(19)17-14(11-5-6-11)15(16)18-20/h2-4,9,11,14,20H,5-8H2,1H3,(H2,16,18)(H,17,19). The number of carbonyl (C=O) groups is 1. The van der Waals surface area contributed by atoms with Crippen LogP contribution < -0.4 is 15.8 Å². The summed E-state index contributed by atoms with van der Waals surface area (Å²) in [7, 11) is 0. The number of nitrogens with zero attached hydrogens (tertiary/aromatic N) is 1. The van der Waals surface area contributed by atoms with Gasteiger partial charge in [0.2, 0.25) is 5.91 Å². The van der Waals surface area contributed by atoms with Crippen molar-refractivity contribution in [2.45, 2.75) is 32.2 Å². The van der Waals surface area contributed by atoms with Gasteiger partial charge in [0.25, 0.3) is 0 Å². The van der Waals surface area contributed by atoms with E-state index in [9.17, 15) is 4.79 Å². The molecule has 0 aromatic heterocycles. The molecule has 0 heterocycles. The number of carbonyl (C=O) groups excluding carboxylic acids is 1. The summed E-state index contributed by atoms with van der Waals surface area (Å²) in [5.74, 6) is 0.928. The first-order chi connectivity index (χ1) is 10.1. The molecular formula is C15H21N3O3. The number of aryl methyl sites for hydroxylation is 1. The predicted octanol–water partition coefficient (Wildman–Crippen LogP) is 1.41. The van der Waals surface area contributed by atoms with Crippen molar-refractivity contribution >= 4 is 11.7 Å². The Hall–Kier alpha value is -2.24. The molecule has 2 rings (SSSR count). The Morgan fingerprint density at radius 3 is 2.95 bits per heavy atom. The molecule has 0 spiro atoms. The molecule has 0 aliphatic heterocycles. The number of hydrogen-bond donors (Lipinski definition) is 3. The van der Waals surface area contributed by atoms with E-state index in [1.807, 2.05) is 31.2 Å². The third-order valence-electron chi connectivity index (χ3n) is 3.43. The number of oxime groups is 1. The Kier molecular flexibility index (Phi) is 5.03. The molecule has 4 N–H and O–H groups in total. The van der Waals surface area contributed by atoms with Crippen LogP contribution in [-0.4, -0.2) is 29.6 Å². The van der Waals surface area contributed by atoms with E-state index in [4.69, 9.17) is 15.7 Å². The topological polar surface area (TPSA) is 96.9 Å². The summed E-state index contributed by atoms with van der Waals surface area (Å²) in [6, 6.07) is 7.29. The van der Waals surface area contributed by atoms with Crippen molar-refractivity contribution in [3.8, 4) is 5.75 Å². The van der Waals surface area contributed by atoms with Gasteiger partial charge in [-0.05, 0) is 43.4 Å². The smallest absolute Gasteiger partial charge is 0.224 e. The minimum Gasteiger partial charge on any atom is -0.493 e. The van der Waals surface area contributed by atoms with Gasteiger partial charge in [-0.1, -0.05) is 17.3 Å². The molecular weight excluding hydrogens is 270 g/mol. The largest absolute Gasteiger partial charge is 0.493 e. The van der Waals surface area contributed by atoms with Gasteiger partial charge in [0.05, 0.1) is 19.1 Å². The van der Waals surface area contributed by atoms with Gasteiger partial charge in [-0.25, -0.2) is 0 Å². The Morgan fingerprint density at radius 1 is 1.57 bits per heavy atom. The highest BCUT2D eigenvalue weighted by atomic mass is 16.5. The second kappa shape index (κ2) is 6.97. The molecule has 6 heteroatoms. The number of rotatable bonds is 7. The number of ether oxygens (including phenoxy) is 1. The van der Waals surface area contributed by atoms with Gasteiger partial charge in [-0.2, -0.15) is 0 Å². The highest BCUT2D eigenvalue weighted by molar-refractivity contribution is 5.90. The highest BCUT2D eigenvalue weighted by Crippen LogP contribution is 2.32. The maximum Gasteiger partial charge on any atom is 0.224 e. The van der Waals surface area contributed by atoms with Gasteiger partial charge in [0.1, 0.15) is 5.75 Å². The van der Waals surface area contributed by atoms with E-state index in [0.717, 1.165) is 24.2 Å². The minimum absolute atomic E-state index is 0.0606. The fourth-order valence-corrected chi connectivity index (χ4v) is 2.14. The van der Waals surface area contributed by atoms with Crippen molar-refractivity contribution in [2.24, 2.45) is 16.8 Å². The van der Waals surface area contributed by atoms with Gasteiger partial charge in [0.15, 0.2) is 5.84 Å². The van der Waals surface area contributed by atoms with Crippen LogP contribution in [0, 0.1) is 12.8 Å². The van der Waals surface area contributed by atoms with E-state index in [-0.39, 0.29) is 30.1 Å². The van der Waals surface area contributed by atoms with Gasteiger partial charge >= 0.3 is 0 Å². The molecule has 1 atom stereocenters. The van der Waals surface area contributed by atoms with Crippen molar-refractivity contribution in [3.05, 3.63) is 29.8 Å². The molecule has 1 aromatic carbocycles. The molecule has 1 fully saturated rings. The van der Waals surface area contributed by atoms with Crippen LogP contribution in [0.5, 0.6) is 5.75 Å². The Morgan fingerprint density at radius 2 is 2.33 bits per heavy atom. The van der Waals surface area contributed by atoms with Crippen LogP contribution in [0.4, 0.5) is 0 Å². The lowest BCUT2D eigenvalue weighted by Gasteiger charge is -2.16. The minimum atomic E-state index is -0.374. The maximum atomic E-state index is 11.9. The van der Waals surface area contributed by atoms with Crippen molar-refractivity contribution in [3.63, 3.8) is 0 Å². The molecule has 0 radical (unpaired) electrons. The van der Waals surface area contributed by atoms with E-state index >= 15 is 0 Å². The van der Waals surface area contributed by atoms with Gasteiger partial charge in [-0.15, -0.1) is 0 Å². The fourth-order valence-electron chi connectivity index (χ4n) is 2.14. The molecule has 114 valence electrons. The van der Waals surface area contributed by atoms with Crippen LogP contribution in [0.3, 0.4) is 0 Å². The lowest BCUT2D eigenvalue weighted by atomic mass is 10.1. The average molecular weight is 291 g/mol. The maximum absolute atomic E-state index is 11.9. The molecule has 0 bridgehead atoms. The lowest BCUT2D eigenvalue weighted by Crippen LogP contribution is -2.46. The van der Waals surface area contributed by atoms with Crippen LogP contribution >= 0.6 is 0 Å². The third kappa shape index (κ3) is 4.66. The number of nitrogens with one attached hydrogen (secondary N) is 1. The fraction of sp³-hybridized carbons (Fsp3) is 0.467. The normalized spacial score (nSPS) is 16.3. The first-order valence-electron chi connectivity index (χ1n) is 7.06. The van der Waals surface area contributed by atoms with Crippen LogP contribution in [0.25, 0.3) is 0 Å². The van der Waals surface area contributed by atoms with Gasteiger partial charge in [-0.3, -0.25) is 4.79 Å². The van der Waals surface area contributed by atoms with Crippen LogP contribution in [0.1, 0.15) is 24.8 Å². The van der Waals surface area contributed by atoms with E-state index in [1.54, 1.807) is 0 Å². The summed E-state index contributed by atoms with van der Waals surface area (Å²) in [5, 5.41) is 14.5. The van der Waals surface area contributed by atoms with Crippen molar-refractivity contribution < 1.29 is 14.7 Å². The number of benzene rings is 1. The molecule has 1 unspecified atom stereocenters. The third-order valence-corrected chi connectivity index (χ3v) is 3.43. The molecule has 1 aliphatic carbocycles. The molecule has 6 nitrogen and oxygen atoms in total. The Labute approximate surface area is 124 Å². The van der Waals surface area contributed by atoms with E-state index < -0.39 is 0 Å².